The highest BCUT2D eigenvalue weighted by Gasteiger charge is 2.48. The van der Waals surface area contributed by atoms with E-state index in [-0.39, 0.29) is 29.8 Å². The van der Waals surface area contributed by atoms with Crippen molar-refractivity contribution in [3.05, 3.63) is 108 Å². The molecule has 1 saturated heterocycles. The molecule has 0 bridgehead atoms. The number of benzene rings is 3. The zero-order chi connectivity index (χ0) is 31.1. The highest BCUT2D eigenvalue weighted by molar-refractivity contribution is 7.88. The van der Waals surface area contributed by atoms with Crippen LogP contribution in [0.2, 0.25) is 0 Å². The minimum Gasteiger partial charge on any atom is -0.458 e. The number of hydrogen-bond acceptors (Lipinski definition) is 6. The van der Waals surface area contributed by atoms with Crippen LogP contribution in [0.15, 0.2) is 85.5 Å². The largest absolute Gasteiger partial charge is 0.534 e. The number of β-lactam (4-membered cyclic amide) rings is 1. The van der Waals surface area contributed by atoms with Crippen molar-refractivity contribution in [1.82, 2.24) is 0 Å². The molecule has 1 aliphatic heterocycles. The lowest BCUT2D eigenvalue weighted by Crippen LogP contribution is -2.46. The van der Waals surface area contributed by atoms with Crippen LogP contribution < -0.4 is 9.08 Å². The summed E-state index contributed by atoms with van der Waals surface area (Å²) in [5.74, 6) is -1.23. The summed E-state index contributed by atoms with van der Waals surface area (Å²) in [7, 11) is -5.74. The zero-order valence-corrected chi connectivity index (χ0v) is 23.6. The Hall–Kier alpha value is -4.19. The smallest absolute Gasteiger partial charge is 0.458 e. The van der Waals surface area contributed by atoms with Gasteiger partial charge in [-0.2, -0.15) is 21.6 Å². The molecule has 0 aliphatic carbocycles. The van der Waals surface area contributed by atoms with Crippen molar-refractivity contribution < 1.29 is 44.5 Å². The van der Waals surface area contributed by atoms with Gasteiger partial charge in [-0.1, -0.05) is 49.4 Å². The van der Waals surface area contributed by atoms with E-state index in [1.165, 1.54) is 36.1 Å². The fraction of sp³-hybridized carbons (Fsp3) is 0.267. The van der Waals surface area contributed by atoms with E-state index in [9.17, 15) is 35.6 Å². The number of carbonyl (C=O) groups excluding carboxylic acids is 2. The van der Waals surface area contributed by atoms with Gasteiger partial charge in [-0.15, -0.1) is 6.58 Å². The molecular formula is C30H29F4NO6S. The minimum absolute atomic E-state index is 0.142. The molecule has 12 heteroatoms. The lowest BCUT2D eigenvalue weighted by molar-refractivity contribution is -0.146. The molecule has 0 saturated carbocycles. The van der Waals surface area contributed by atoms with E-state index in [0.29, 0.717) is 18.5 Å². The number of hydrogen-bond donors (Lipinski definition) is 0. The average molecular weight is 608 g/mol. The molecule has 1 amide bonds. The van der Waals surface area contributed by atoms with Crippen LogP contribution in [0.5, 0.6) is 5.75 Å². The first kappa shape index (κ1) is 32.3. The second-order valence-electron chi connectivity index (χ2n) is 9.25. The van der Waals surface area contributed by atoms with Crippen molar-refractivity contribution in [3.8, 4) is 5.75 Å². The molecule has 0 N–H and O–H groups in total. The van der Waals surface area contributed by atoms with Crippen molar-refractivity contribution >= 4 is 27.7 Å². The van der Waals surface area contributed by atoms with Crippen LogP contribution in [-0.2, 0) is 30.9 Å². The fourth-order valence-corrected chi connectivity index (χ4v) is 4.61. The zero-order valence-electron chi connectivity index (χ0n) is 22.8. The number of allylic oxidation sites excluding steroid dienone is 1. The van der Waals surface area contributed by atoms with Gasteiger partial charge in [0.2, 0.25) is 5.91 Å². The quantitative estimate of drug-likeness (QED) is 0.0653. The summed E-state index contributed by atoms with van der Waals surface area (Å²) in [6, 6.07) is 18.3. The standard InChI is InChI=1S/C19H16F3NO4S.C11H13FO2/c1-2-3-13-4-6-14(7-5-13)17-12-18(24)23(17)15-8-10-16(11-9-15)27-28(25,26)19(20,21)22;1-3-11(14-8(2)13)9-4-6-10(12)7-5-9/h2,4-11,17H,1,3,12H2;4-7,11H,3H2,1-2H3/t17-;11-/m00/s1. The first-order valence-corrected chi connectivity index (χ1v) is 14.2. The van der Waals surface area contributed by atoms with Crippen LogP contribution in [0, 0.1) is 5.82 Å². The third-order valence-electron chi connectivity index (χ3n) is 6.22. The Kier molecular flexibility index (Phi) is 10.5. The molecule has 1 fully saturated rings. The predicted molar refractivity (Wildman–Crippen MR) is 148 cm³/mol. The first-order chi connectivity index (χ1) is 19.8. The lowest BCUT2D eigenvalue weighted by Gasteiger charge is -2.40. The number of carbonyl (C=O) groups is 2. The molecule has 0 unspecified atom stereocenters. The Bertz CT molecular complexity index is 1490. The lowest BCUT2D eigenvalue weighted by atomic mass is 9.92. The molecule has 42 heavy (non-hydrogen) atoms. The summed E-state index contributed by atoms with van der Waals surface area (Å²) in [5.41, 5.74) is -2.24. The molecule has 7 nitrogen and oxygen atoms in total. The van der Waals surface area contributed by atoms with Crippen molar-refractivity contribution in [2.75, 3.05) is 4.90 Å². The van der Waals surface area contributed by atoms with Crippen LogP contribution in [0.25, 0.3) is 0 Å². The van der Waals surface area contributed by atoms with Gasteiger partial charge in [0.15, 0.2) is 0 Å². The number of alkyl halides is 3. The van der Waals surface area contributed by atoms with Crippen LogP contribution in [-0.4, -0.2) is 25.8 Å². The highest BCUT2D eigenvalue weighted by atomic mass is 32.2. The maximum atomic E-state index is 12.6. The van der Waals surface area contributed by atoms with Gasteiger partial charge in [0.1, 0.15) is 17.7 Å². The minimum atomic E-state index is -5.74. The monoisotopic (exact) mass is 607 g/mol. The number of anilines is 1. The maximum absolute atomic E-state index is 12.6. The van der Waals surface area contributed by atoms with Gasteiger partial charge >= 0.3 is 21.6 Å². The van der Waals surface area contributed by atoms with Gasteiger partial charge in [0, 0.05) is 12.6 Å². The molecule has 0 spiro atoms. The van der Waals surface area contributed by atoms with E-state index in [4.69, 9.17) is 4.74 Å². The number of nitrogens with zero attached hydrogens (tertiary/aromatic N) is 1. The molecule has 224 valence electrons. The summed E-state index contributed by atoms with van der Waals surface area (Å²) >= 11 is 0. The van der Waals surface area contributed by atoms with E-state index >= 15 is 0 Å². The maximum Gasteiger partial charge on any atom is 0.534 e. The van der Waals surface area contributed by atoms with Crippen molar-refractivity contribution in [2.45, 2.75) is 50.8 Å². The van der Waals surface area contributed by atoms with Gasteiger partial charge in [0.05, 0.1) is 12.5 Å². The van der Waals surface area contributed by atoms with Crippen LogP contribution in [0.4, 0.5) is 23.2 Å². The van der Waals surface area contributed by atoms with Gasteiger partial charge < -0.3 is 13.8 Å². The Morgan fingerprint density at radius 2 is 1.64 bits per heavy atom. The van der Waals surface area contributed by atoms with Crippen molar-refractivity contribution in [3.63, 3.8) is 0 Å². The van der Waals surface area contributed by atoms with Gasteiger partial charge in [0.25, 0.3) is 0 Å². The summed E-state index contributed by atoms with van der Waals surface area (Å²) in [4.78, 5) is 24.3. The molecule has 1 heterocycles. The third-order valence-corrected chi connectivity index (χ3v) is 7.20. The molecule has 0 radical (unpaired) electrons. The van der Waals surface area contributed by atoms with E-state index < -0.39 is 21.4 Å². The molecule has 3 aromatic carbocycles. The Balaban J connectivity index is 0.000000291. The van der Waals surface area contributed by atoms with Crippen molar-refractivity contribution in [2.24, 2.45) is 0 Å². The molecule has 4 rings (SSSR count). The molecule has 2 atom stereocenters. The van der Waals surface area contributed by atoms with E-state index in [1.807, 2.05) is 31.2 Å². The summed E-state index contributed by atoms with van der Waals surface area (Å²) in [6.07, 6.45) is 3.24. The van der Waals surface area contributed by atoms with Crippen LogP contribution >= 0.6 is 0 Å². The molecular weight excluding hydrogens is 578 g/mol. The summed E-state index contributed by atoms with van der Waals surface area (Å²) < 4.78 is 81.0. The van der Waals surface area contributed by atoms with E-state index in [1.54, 1.807) is 18.2 Å². The predicted octanol–water partition coefficient (Wildman–Crippen LogP) is 6.96. The Morgan fingerprint density at radius 1 is 1.05 bits per heavy atom. The number of halogens is 4. The molecule has 0 aromatic heterocycles. The number of amides is 1. The number of esters is 1. The fourth-order valence-electron chi connectivity index (χ4n) is 4.15. The summed E-state index contributed by atoms with van der Waals surface area (Å²) in [6.45, 7) is 6.96. The number of rotatable bonds is 9. The normalized spacial score (nSPS) is 15.5. The highest BCUT2D eigenvalue weighted by Crippen LogP contribution is 2.39. The Morgan fingerprint density at radius 3 is 2.12 bits per heavy atom. The van der Waals surface area contributed by atoms with Gasteiger partial charge in [-0.25, -0.2) is 4.39 Å². The third kappa shape index (κ3) is 8.19. The van der Waals surface area contributed by atoms with Crippen LogP contribution in [0.1, 0.15) is 55.5 Å². The van der Waals surface area contributed by atoms with E-state index in [2.05, 4.69) is 10.8 Å². The first-order valence-electron chi connectivity index (χ1n) is 12.8. The van der Waals surface area contributed by atoms with Gasteiger partial charge in [-0.05, 0) is 65.9 Å². The topological polar surface area (TPSA) is 90.0 Å². The second-order valence-corrected chi connectivity index (χ2v) is 10.8. The summed E-state index contributed by atoms with van der Waals surface area (Å²) in [5, 5.41) is 0. The molecule has 3 aromatic rings. The van der Waals surface area contributed by atoms with Crippen molar-refractivity contribution in [1.29, 1.82) is 0 Å². The Labute approximate surface area is 241 Å². The molecule has 1 aliphatic rings. The van der Waals surface area contributed by atoms with Gasteiger partial charge in [-0.3, -0.25) is 9.59 Å². The number of ether oxygens (including phenoxy) is 1. The van der Waals surface area contributed by atoms with E-state index in [0.717, 1.165) is 35.2 Å². The average Bonchev–Trinajstić information content (AvgIpc) is 2.92. The second kappa shape index (κ2) is 13.6. The van der Waals surface area contributed by atoms with Crippen LogP contribution in [0.3, 0.4) is 0 Å². The SMILES string of the molecule is C=CCc1ccc([C@@H]2CC(=O)N2c2ccc(OS(=O)(=O)C(F)(F)F)cc2)cc1.CC[C@H](OC(C)=O)c1ccc(F)cc1.